The van der Waals surface area contributed by atoms with Gasteiger partial charge in [0.15, 0.2) is 0 Å². The van der Waals surface area contributed by atoms with Crippen LogP contribution in [0.5, 0.6) is 5.75 Å². The zero-order chi connectivity index (χ0) is 33.9. The predicted octanol–water partition coefficient (Wildman–Crippen LogP) is 1.31. The van der Waals surface area contributed by atoms with Crippen molar-refractivity contribution in [1.29, 1.82) is 0 Å². The van der Waals surface area contributed by atoms with Crippen LogP contribution in [-0.2, 0) is 40.2 Å². The monoisotopic (exact) mass is 655 g/mol. The summed E-state index contributed by atoms with van der Waals surface area (Å²) in [4.78, 5) is 55.3. The van der Waals surface area contributed by atoms with Crippen molar-refractivity contribution >= 4 is 23.6 Å². The Bertz CT molecular complexity index is 1670. The molecule has 48 heavy (non-hydrogen) atoms. The Balaban J connectivity index is 1.39. The van der Waals surface area contributed by atoms with E-state index >= 15 is 0 Å². The molecule has 14 nitrogen and oxygen atoms in total. The average Bonchev–Trinajstić information content (AvgIpc) is 3.78. The number of fused-ring (bicyclic) bond motifs is 4. The Morgan fingerprint density at radius 2 is 1.81 bits per heavy atom. The number of carbonyl (C=O) groups is 4. The van der Waals surface area contributed by atoms with Crippen molar-refractivity contribution < 1.29 is 23.9 Å². The van der Waals surface area contributed by atoms with E-state index in [1.54, 1.807) is 21.7 Å². The highest BCUT2D eigenvalue weighted by atomic mass is 16.5. The van der Waals surface area contributed by atoms with Gasteiger partial charge in [-0.3, -0.25) is 24.3 Å². The Hall–Kier alpha value is -5.53. The maximum Gasteiger partial charge on any atom is 0.271 e. The maximum absolute atomic E-state index is 13.6. The summed E-state index contributed by atoms with van der Waals surface area (Å²) in [6.45, 7) is 5.07. The Kier molecular flexibility index (Phi) is 11.5. The van der Waals surface area contributed by atoms with Crippen LogP contribution in [-0.4, -0.2) is 92.0 Å². The summed E-state index contributed by atoms with van der Waals surface area (Å²) in [7, 11) is 0. The van der Waals surface area contributed by atoms with Crippen LogP contribution in [0.25, 0.3) is 0 Å². The zero-order valence-electron chi connectivity index (χ0n) is 27.1. The lowest BCUT2D eigenvalue weighted by molar-refractivity contribution is -0.132. The number of nitrogens with zero attached hydrogens (tertiary/aromatic N) is 5. The Labute approximate surface area is 278 Å². The van der Waals surface area contributed by atoms with Gasteiger partial charge >= 0.3 is 0 Å². The lowest BCUT2D eigenvalue weighted by atomic mass is 10.0. The van der Waals surface area contributed by atoms with E-state index in [2.05, 4.69) is 36.5 Å². The fourth-order valence-electron chi connectivity index (χ4n) is 5.38. The predicted molar refractivity (Wildman–Crippen MR) is 176 cm³/mol. The molecule has 252 valence electrons. The highest BCUT2D eigenvalue weighted by molar-refractivity contribution is 5.93. The number of H-pyrrole nitrogens is 1. The third kappa shape index (κ3) is 9.50. The number of ether oxygens (including phenoxy) is 1. The van der Waals surface area contributed by atoms with E-state index in [1.165, 1.54) is 6.20 Å². The standard InChI is InChI=1S/C34H41N9O5/c1-23(2)31-33(46)37-29(20-24-7-4-3-5-8-24)32(45)35-14-16-42(34(47)28-11-13-36-40-28)15-12-26-22-43(41-39-26)17-18-48-27-10-6-9-25(19-27)21-30(44)38-31/h3-11,13,19,22-23,29,31H,12,14-18,20-21H2,1-2H3,(H,35,45)(H,36,40)(H,37,46)(H,38,44)/t29-,31+/m0/s1. The van der Waals surface area contributed by atoms with Crippen molar-refractivity contribution in [2.45, 2.75) is 51.7 Å². The van der Waals surface area contributed by atoms with Gasteiger partial charge in [-0.1, -0.05) is 61.5 Å². The van der Waals surface area contributed by atoms with E-state index < -0.39 is 23.9 Å². The van der Waals surface area contributed by atoms with E-state index in [9.17, 15) is 19.2 Å². The molecular weight excluding hydrogens is 614 g/mol. The summed E-state index contributed by atoms with van der Waals surface area (Å²) < 4.78 is 7.60. The van der Waals surface area contributed by atoms with Gasteiger partial charge in [-0.25, -0.2) is 4.68 Å². The number of carbonyl (C=O) groups excluding carboxylic acids is 4. The van der Waals surface area contributed by atoms with Gasteiger partial charge in [-0.05, 0) is 35.2 Å². The van der Waals surface area contributed by atoms with Gasteiger partial charge in [0.25, 0.3) is 5.91 Å². The maximum atomic E-state index is 13.6. The van der Waals surface area contributed by atoms with E-state index in [4.69, 9.17) is 4.74 Å². The molecule has 0 aliphatic carbocycles. The molecule has 1 aliphatic rings. The highest BCUT2D eigenvalue weighted by Gasteiger charge is 2.29. The lowest BCUT2D eigenvalue weighted by Crippen LogP contribution is -2.56. The molecule has 3 heterocycles. The smallest absolute Gasteiger partial charge is 0.271 e. The second-order valence-electron chi connectivity index (χ2n) is 12.0. The van der Waals surface area contributed by atoms with Gasteiger partial charge in [0.2, 0.25) is 17.7 Å². The minimum Gasteiger partial charge on any atom is -0.492 e. The molecule has 5 rings (SSSR count). The molecule has 2 atom stereocenters. The van der Waals surface area contributed by atoms with Gasteiger partial charge in [-0.15, -0.1) is 5.10 Å². The number of nitrogens with one attached hydrogen (secondary N) is 4. The van der Waals surface area contributed by atoms with E-state index in [-0.39, 0.29) is 43.7 Å². The van der Waals surface area contributed by atoms with Crippen LogP contribution in [0.4, 0.5) is 0 Å². The minimum absolute atomic E-state index is 0.0435. The van der Waals surface area contributed by atoms with Crippen LogP contribution in [0, 0.1) is 5.92 Å². The number of hydrogen-bond acceptors (Lipinski definition) is 8. The number of hydrogen-bond donors (Lipinski definition) is 4. The van der Waals surface area contributed by atoms with Crippen LogP contribution in [0.2, 0.25) is 0 Å². The largest absolute Gasteiger partial charge is 0.492 e. The van der Waals surface area contributed by atoms with Crippen molar-refractivity contribution in [1.82, 2.24) is 46.0 Å². The summed E-state index contributed by atoms with van der Waals surface area (Å²) in [6.07, 6.45) is 4.02. The van der Waals surface area contributed by atoms with Gasteiger partial charge in [0.1, 0.15) is 30.1 Å². The third-order valence-electron chi connectivity index (χ3n) is 7.96. The first kappa shape index (κ1) is 33.8. The first-order valence-electron chi connectivity index (χ1n) is 16.1. The van der Waals surface area contributed by atoms with Gasteiger partial charge in [-0.2, -0.15) is 5.10 Å². The van der Waals surface area contributed by atoms with E-state index in [0.717, 1.165) is 11.1 Å². The molecule has 0 saturated heterocycles. The minimum atomic E-state index is -0.930. The highest BCUT2D eigenvalue weighted by Crippen LogP contribution is 2.15. The molecule has 4 N–H and O–H groups in total. The topological polar surface area (TPSA) is 176 Å². The third-order valence-corrected chi connectivity index (χ3v) is 7.96. The number of aromatic amines is 1. The van der Waals surface area contributed by atoms with E-state index in [0.29, 0.717) is 43.3 Å². The number of benzene rings is 2. The molecule has 0 unspecified atom stereocenters. The number of rotatable bonds is 4. The molecule has 14 heteroatoms. The molecule has 1 aliphatic heterocycles. The fourth-order valence-corrected chi connectivity index (χ4v) is 5.38. The van der Waals surface area contributed by atoms with Gasteiger partial charge < -0.3 is 25.6 Å². The Morgan fingerprint density at radius 1 is 0.979 bits per heavy atom. The van der Waals surface area contributed by atoms with Gasteiger partial charge in [0.05, 0.1) is 18.7 Å². The SMILES string of the molecule is CC(C)[C@H]1NC(=O)Cc2cccc(c2)OCCn2cc(nn2)CCN(C(=O)c2ccn[nH]2)CCNC(=O)[C@H](Cc2ccccc2)NC1=O. The summed E-state index contributed by atoms with van der Waals surface area (Å²) >= 11 is 0. The molecule has 4 amide bonds. The summed E-state index contributed by atoms with van der Waals surface area (Å²) in [5, 5.41) is 23.7. The van der Waals surface area contributed by atoms with Crippen LogP contribution in [0.15, 0.2) is 73.1 Å². The summed E-state index contributed by atoms with van der Waals surface area (Å²) in [5.74, 6) is -1.14. The fraction of sp³-hybridized carbons (Fsp3) is 0.382. The molecular formula is C34H41N9O5. The van der Waals surface area contributed by atoms with Gasteiger partial charge in [0, 0.05) is 44.9 Å². The number of aromatic nitrogens is 5. The lowest BCUT2D eigenvalue weighted by Gasteiger charge is -2.26. The summed E-state index contributed by atoms with van der Waals surface area (Å²) in [5.41, 5.74) is 2.59. The molecule has 2 aromatic heterocycles. The van der Waals surface area contributed by atoms with Crippen molar-refractivity contribution in [3.63, 3.8) is 0 Å². The molecule has 0 spiro atoms. The van der Waals surface area contributed by atoms with Crippen LogP contribution >= 0.6 is 0 Å². The zero-order valence-corrected chi connectivity index (χ0v) is 27.1. The molecule has 0 saturated carbocycles. The first-order valence-corrected chi connectivity index (χ1v) is 16.1. The summed E-state index contributed by atoms with van der Waals surface area (Å²) in [6, 6.07) is 16.4. The quantitative estimate of drug-likeness (QED) is 0.254. The van der Waals surface area contributed by atoms with Crippen LogP contribution in [0.1, 0.15) is 41.2 Å². The van der Waals surface area contributed by atoms with Crippen molar-refractivity contribution in [3.8, 4) is 5.75 Å². The molecule has 4 aromatic rings. The second-order valence-corrected chi connectivity index (χ2v) is 12.0. The van der Waals surface area contributed by atoms with E-state index in [1.807, 2.05) is 68.6 Å². The number of amides is 4. The average molecular weight is 656 g/mol. The van der Waals surface area contributed by atoms with Crippen LogP contribution in [0.3, 0.4) is 0 Å². The second kappa shape index (κ2) is 16.3. The van der Waals surface area contributed by atoms with Crippen molar-refractivity contribution in [3.05, 3.63) is 95.6 Å². The normalized spacial score (nSPS) is 18.7. The van der Waals surface area contributed by atoms with Crippen molar-refractivity contribution in [2.75, 3.05) is 26.2 Å². The first-order chi connectivity index (χ1) is 23.2. The van der Waals surface area contributed by atoms with Crippen molar-refractivity contribution in [2.24, 2.45) is 5.92 Å². The molecule has 4 bridgehead atoms. The molecule has 0 fully saturated rings. The van der Waals surface area contributed by atoms with Crippen LogP contribution < -0.4 is 20.7 Å². The molecule has 2 aromatic carbocycles. The Morgan fingerprint density at radius 3 is 2.58 bits per heavy atom. The molecule has 0 radical (unpaired) electrons.